The molecule has 6 heteroatoms. The summed E-state index contributed by atoms with van der Waals surface area (Å²) < 4.78 is 13.3. The van der Waals surface area contributed by atoms with Crippen LogP contribution in [0.1, 0.15) is 51.0 Å². The monoisotopic (exact) mass is 423 g/mol. The molecule has 2 aromatic carbocycles. The molecule has 4 rings (SSSR count). The van der Waals surface area contributed by atoms with Gasteiger partial charge in [-0.2, -0.15) is 0 Å². The van der Waals surface area contributed by atoms with Crippen LogP contribution in [0.3, 0.4) is 0 Å². The first-order valence-corrected chi connectivity index (χ1v) is 11.6. The molecule has 0 amide bonds. The largest absolute Gasteiger partial charge is 0.331 e. The fraction of sp³-hybridized carbons (Fsp3) is 0.375. The van der Waals surface area contributed by atoms with Gasteiger partial charge >= 0.3 is 5.97 Å². The number of carbonyl (C=O) groups is 2. The van der Waals surface area contributed by atoms with Gasteiger partial charge in [-0.15, -0.1) is 0 Å². The number of hydrogen-bond donors (Lipinski definition) is 0. The van der Waals surface area contributed by atoms with Crippen molar-refractivity contribution >= 4 is 45.1 Å². The smallest absolute Gasteiger partial charge is 0.318 e. The van der Waals surface area contributed by atoms with Crippen molar-refractivity contribution in [1.82, 2.24) is 0 Å². The molecule has 30 heavy (non-hydrogen) atoms. The number of fused-ring (bicyclic) bond motifs is 2. The van der Waals surface area contributed by atoms with E-state index in [-0.39, 0.29) is 11.5 Å². The summed E-state index contributed by atoms with van der Waals surface area (Å²) in [5.74, 6) is -0.550. The minimum Gasteiger partial charge on any atom is -0.318 e. The van der Waals surface area contributed by atoms with E-state index in [1.165, 1.54) is 13.3 Å². The third-order valence-electron chi connectivity index (χ3n) is 5.81. The molecule has 1 aliphatic carbocycles. The van der Waals surface area contributed by atoms with Crippen LogP contribution in [-0.2, 0) is 25.2 Å². The van der Waals surface area contributed by atoms with Gasteiger partial charge in [-0.25, -0.2) is 4.79 Å². The topological polar surface area (TPSA) is 72.8 Å². The van der Waals surface area contributed by atoms with Gasteiger partial charge in [-0.1, -0.05) is 73.7 Å². The molecule has 1 heterocycles. The summed E-state index contributed by atoms with van der Waals surface area (Å²) in [7, 11) is -1.54. The Morgan fingerprint density at radius 2 is 1.80 bits per heavy atom. The summed E-state index contributed by atoms with van der Waals surface area (Å²) >= 11 is 0. The molecule has 5 nitrogen and oxygen atoms in total. The van der Waals surface area contributed by atoms with E-state index in [9.17, 15) is 13.8 Å². The molecule has 0 radical (unpaired) electrons. The van der Waals surface area contributed by atoms with Gasteiger partial charge in [-0.3, -0.25) is 9.00 Å². The molecule has 2 aromatic rings. The van der Waals surface area contributed by atoms with E-state index in [0.29, 0.717) is 17.2 Å². The van der Waals surface area contributed by atoms with Crippen LogP contribution >= 0.6 is 0 Å². The van der Waals surface area contributed by atoms with Gasteiger partial charge in [0, 0.05) is 11.8 Å². The van der Waals surface area contributed by atoms with E-state index >= 15 is 0 Å². The summed E-state index contributed by atoms with van der Waals surface area (Å²) in [6.45, 7) is 1.26. The molecule has 2 atom stereocenters. The molecular formula is C24H25NO4S. The van der Waals surface area contributed by atoms with E-state index in [1.54, 1.807) is 6.08 Å². The summed E-state index contributed by atoms with van der Waals surface area (Å²) in [5.41, 5.74) is 1.08. The minimum atomic E-state index is -1.54. The van der Waals surface area contributed by atoms with Crippen LogP contribution in [0.15, 0.2) is 52.5 Å². The quantitative estimate of drug-likeness (QED) is 0.393. The third kappa shape index (κ3) is 4.43. The van der Waals surface area contributed by atoms with E-state index in [0.717, 1.165) is 42.0 Å². The van der Waals surface area contributed by atoms with E-state index in [1.807, 2.05) is 42.5 Å². The Morgan fingerprint density at radius 1 is 1.10 bits per heavy atom. The first-order chi connectivity index (χ1) is 14.5. The van der Waals surface area contributed by atoms with Crippen molar-refractivity contribution in [3.63, 3.8) is 0 Å². The lowest BCUT2D eigenvalue weighted by Crippen LogP contribution is -2.34. The van der Waals surface area contributed by atoms with Crippen molar-refractivity contribution in [3.05, 3.63) is 48.0 Å². The molecule has 0 saturated heterocycles. The molecule has 1 fully saturated rings. The third-order valence-corrected chi connectivity index (χ3v) is 7.43. The van der Waals surface area contributed by atoms with E-state index in [2.05, 4.69) is 5.16 Å². The molecule has 156 valence electrons. The first-order valence-electron chi connectivity index (χ1n) is 10.4. The van der Waals surface area contributed by atoms with Crippen LogP contribution in [0, 0.1) is 5.92 Å². The highest BCUT2D eigenvalue weighted by molar-refractivity contribution is 7.87. The summed E-state index contributed by atoms with van der Waals surface area (Å²) in [6.07, 6.45) is 9.55. The number of nitrogens with zero attached hydrogens (tertiary/aromatic N) is 1. The lowest BCUT2D eigenvalue weighted by atomic mass is 9.84. The zero-order valence-corrected chi connectivity index (χ0v) is 17.8. The maximum atomic E-state index is 13.3. The highest BCUT2D eigenvalue weighted by Crippen LogP contribution is 2.31. The number of benzene rings is 2. The predicted molar refractivity (Wildman–Crippen MR) is 119 cm³/mol. The molecule has 1 aliphatic heterocycles. The Bertz CT molecular complexity index is 1070. The van der Waals surface area contributed by atoms with Crippen LogP contribution in [0.4, 0.5) is 0 Å². The van der Waals surface area contributed by atoms with Crippen molar-refractivity contribution in [2.24, 2.45) is 11.1 Å². The van der Waals surface area contributed by atoms with E-state index in [4.69, 9.17) is 4.84 Å². The predicted octanol–water partition coefficient (Wildman–Crippen LogP) is 4.80. The summed E-state index contributed by atoms with van der Waals surface area (Å²) in [6, 6.07) is 11.8. The Balaban J connectivity index is 1.62. The number of carbonyl (C=O) groups excluding carboxylic acids is 2. The maximum absolute atomic E-state index is 13.3. The van der Waals surface area contributed by atoms with Gasteiger partial charge in [0.2, 0.25) is 0 Å². The number of rotatable bonds is 5. The van der Waals surface area contributed by atoms with Crippen molar-refractivity contribution < 1.29 is 18.6 Å². The lowest BCUT2D eigenvalue weighted by molar-refractivity contribution is -0.141. The highest BCUT2D eigenvalue weighted by Gasteiger charge is 2.33. The zero-order valence-electron chi connectivity index (χ0n) is 17.0. The Kier molecular flexibility index (Phi) is 6.23. The molecule has 0 bridgehead atoms. The first kappa shape index (κ1) is 20.7. The van der Waals surface area contributed by atoms with Gasteiger partial charge in [-0.05, 0) is 40.8 Å². The molecule has 0 aromatic heterocycles. The molecule has 0 N–H and O–H groups in total. The van der Waals surface area contributed by atoms with Crippen molar-refractivity contribution in [2.75, 3.05) is 0 Å². The van der Waals surface area contributed by atoms with Crippen LogP contribution in [0.25, 0.3) is 16.8 Å². The minimum absolute atomic E-state index is 0.212. The van der Waals surface area contributed by atoms with Gasteiger partial charge in [0.25, 0.3) is 0 Å². The van der Waals surface area contributed by atoms with Crippen molar-refractivity contribution in [3.8, 4) is 0 Å². The van der Waals surface area contributed by atoms with Gasteiger partial charge in [0.15, 0.2) is 5.78 Å². The number of oxime groups is 1. The Morgan fingerprint density at radius 3 is 2.50 bits per heavy atom. The van der Waals surface area contributed by atoms with Gasteiger partial charge < -0.3 is 4.84 Å². The second-order valence-electron chi connectivity index (χ2n) is 8.01. The van der Waals surface area contributed by atoms with E-state index < -0.39 is 22.0 Å². The molecule has 2 aliphatic rings. The molecule has 2 unspecified atom stereocenters. The number of Topliss-reactive ketones (excluding diaryl/α,β-unsaturated/α-hetero) is 1. The van der Waals surface area contributed by atoms with Crippen LogP contribution in [0.5, 0.6) is 0 Å². The van der Waals surface area contributed by atoms with Crippen LogP contribution < -0.4 is 0 Å². The van der Waals surface area contributed by atoms with Crippen molar-refractivity contribution in [2.45, 2.75) is 55.6 Å². The number of ketones is 1. The zero-order chi connectivity index (χ0) is 21.1. The standard InChI is InChI=1S/C24H25NO4S/c1-16(26)29-25-21(13-17-7-3-2-4-8-17)24(27)22-12-11-20-14-18-9-5-6-10-19(18)15-23(20)30(22)28/h5-6,9-12,14-15,17,22H,2-4,7-8,13H2,1H3. The average molecular weight is 424 g/mol. The van der Waals surface area contributed by atoms with Crippen LogP contribution in [-0.4, -0.2) is 26.9 Å². The summed E-state index contributed by atoms with van der Waals surface area (Å²) in [5, 5.41) is 5.11. The fourth-order valence-corrected chi connectivity index (χ4v) is 5.68. The highest BCUT2D eigenvalue weighted by atomic mass is 32.2. The number of hydrogen-bond acceptors (Lipinski definition) is 5. The maximum Gasteiger partial charge on any atom is 0.331 e. The SMILES string of the molecule is CC(=O)ON=C(CC1CCCCC1)C(=O)C1C=Cc2cc3ccccc3cc2S1=O. The fourth-order valence-electron chi connectivity index (χ4n) is 4.26. The van der Waals surface area contributed by atoms with Gasteiger partial charge in [0.1, 0.15) is 11.0 Å². The molecular weight excluding hydrogens is 398 g/mol. The van der Waals surface area contributed by atoms with Gasteiger partial charge in [0.05, 0.1) is 10.8 Å². The Labute approximate surface area is 178 Å². The Hall–Kier alpha value is -2.60. The van der Waals surface area contributed by atoms with Crippen molar-refractivity contribution in [1.29, 1.82) is 0 Å². The summed E-state index contributed by atoms with van der Waals surface area (Å²) in [4.78, 5) is 30.1. The molecule has 0 spiro atoms. The second-order valence-corrected chi connectivity index (χ2v) is 9.55. The average Bonchev–Trinajstić information content (AvgIpc) is 2.76. The lowest BCUT2D eigenvalue weighted by Gasteiger charge is -2.23. The second kappa shape index (κ2) is 9.04. The molecule has 1 saturated carbocycles. The van der Waals surface area contributed by atoms with Crippen LogP contribution in [0.2, 0.25) is 0 Å². The normalized spacial score (nSPS) is 22.0.